The first kappa shape index (κ1) is 12.6. The molecule has 21 heavy (non-hydrogen) atoms. The van der Waals surface area contributed by atoms with Crippen LogP contribution in [0.5, 0.6) is 0 Å². The third kappa shape index (κ3) is 2.23. The third-order valence-corrected chi connectivity index (χ3v) is 3.88. The third-order valence-electron chi connectivity index (χ3n) is 3.88. The van der Waals surface area contributed by atoms with Crippen molar-refractivity contribution in [3.05, 3.63) is 35.7 Å². The summed E-state index contributed by atoms with van der Waals surface area (Å²) in [6, 6.07) is 7.99. The summed E-state index contributed by atoms with van der Waals surface area (Å²) in [5, 5.41) is 5.07. The molecular weight excluding hydrogens is 268 g/mol. The maximum atomic E-state index is 5.79. The van der Waals surface area contributed by atoms with Crippen LogP contribution in [0.4, 0.5) is 0 Å². The molecule has 0 N–H and O–H groups in total. The lowest BCUT2D eigenvalue weighted by atomic mass is 10.2. The fourth-order valence-electron chi connectivity index (χ4n) is 2.62. The largest absolute Gasteiger partial charge is 0.453 e. The number of aromatic nitrogens is 2. The highest BCUT2D eigenvalue weighted by molar-refractivity contribution is 5.82. The molecule has 0 spiro atoms. The van der Waals surface area contributed by atoms with E-state index in [2.05, 4.69) is 23.1 Å². The van der Waals surface area contributed by atoms with Crippen LogP contribution in [0, 0.1) is 12.8 Å². The van der Waals surface area contributed by atoms with E-state index in [4.69, 9.17) is 13.7 Å². The lowest BCUT2D eigenvalue weighted by Crippen LogP contribution is -2.03. The van der Waals surface area contributed by atoms with E-state index in [-0.39, 0.29) is 6.10 Å². The van der Waals surface area contributed by atoms with Gasteiger partial charge in [0.15, 0.2) is 5.76 Å². The Balaban J connectivity index is 1.70. The van der Waals surface area contributed by atoms with E-state index in [1.807, 2.05) is 18.2 Å². The number of furan rings is 1. The molecule has 2 aromatic heterocycles. The van der Waals surface area contributed by atoms with E-state index in [1.54, 1.807) is 7.11 Å². The van der Waals surface area contributed by atoms with Crippen LogP contribution in [0.1, 0.15) is 30.4 Å². The highest BCUT2D eigenvalue weighted by Gasteiger charge is 2.36. The first-order valence-corrected chi connectivity index (χ1v) is 7.11. The van der Waals surface area contributed by atoms with Crippen LogP contribution in [-0.2, 0) is 4.74 Å². The fraction of sp³-hybridized carbons (Fsp3) is 0.375. The normalized spacial score (nSPS) is 16.5. The number of hydrogen-bond donors (Lipinski definition) is 0. The molecule has 5 nitrogen and oxygen atoms in total. The summed E-state index contributed by atoms with van der Waals surface area (Å²) in [5.41, 5.74) is 2.02. The van der Waals surface area contributed by atoms with E-state index < -0.39 is 0 Å². The number of fused-ring (bicyclic) bond motifs is 1. The van der Waals surface area contributed by atoms with Gasteiger partial charge in [0.05, 0.1) is 0 Å². The number of nitrogens with zero attached hydrogens (tertiary/aromatic N) is 2. The van der Waals surface area contributed by atoms with Gasteiger partial charge < -0.3 is 13.7 Å². The van der Waals surface area contributed by atoms with Crippen LogP contribution < -0.4 is 0 Å². The number of hydrogen-bond acceptors (Lipinski definition) is 5. The van der Waals surface area contributed by atoms with E-state index in [0.717, 1.165) is 23.8 Å². The minimum Gasteiger partial charge on any atom is -0.453 e. The molecule has 1 aromatic carbocycles. The molecular formula is C16H16N2O3. The van der Waals surface area contributed by atoms with Gasteiger partial charge in [0.1, 0.15) is 11.7 Å². The van der Waals surface area contributed by atoms with Gasteiger partial charge in [-0.1, -0.05) is 16.8 Å². The summed E-state index contributed by atoms with van der Waals surface area (Å²) in [7, 11) is 1.68. The molecule has 1 saturated carbocycles. The predicted molar refractivity (Wildman–Crippen MR) is 76.7 cm³/mol. The number of aryl methyl sites for hydroxylation is 1. The maximum absolute atomic E-state index is 5.79. The summed E-state index contributed by atoms with van der Waals surface area (Å²) >= 11 is 0. The van der Waals surface area contributed by atoms with Crippen molar-refractivity contribution in [2.45, 2.75) is 25.9 Å². The summed E-state index contributed by atoms with van der Waals surface area (Å²) in [4.78, 5) is 4.43. The first-order chi connectivity index (χ1) is 10.2. The maximum Gasteiger partial charge on any atom is 0.256 e. The van der Waals surface area contributed by atoms with Gasteiger partial charge in [-0.05, 0) is 43.9 Å². The molecule has 4 rings (SSSR count). The SMILES string of the molecule is COC(c1nc(-c2cc3cc(C)ccc3o2)no1)C1CC1. The van der Waals surface area contributed by atoms with E-state index in [1.165, 1.54) is 5.56 Å². The molecule has 0 radical (unpaired) electrons. The number of benzene rings is 1. The second-order valence-corrected chi connectivity index (χ2v) is 5.60. The van der Waals surface area contributed by atoms with Gasteiger partial charge in [0, 0.05) is 12.5 Å². The Labute approximate surface area is 121 Å². The minimum absolute atomic E-state index is 0.0992. The van der Waals surface area contributed by atoms with Crippen LogP contribution in [0.3, 0.4) is 0 Å². The number of rotatable bonds is 4. The minimum atomic E-state index is -0.0992. The van der Waals surface area contributed by atoms with Gasteiger partial charge in [0.2, 0.25) is 5.82 Å². The topological polar surface area (TPSA) is 61.3 Å². The van der Waals surface area contributed by atoms with Gasteiger partial charge in [-0.25, -0.2) is 0 Å². The highest BCUT2D eigenvalue weighted by atomic mass is 16.5. The van der Waals surface area contributed by atoms with Crippen molar-refractivity contribution in [2.75, 3.05) is 7.11 Å². The molecule has 1 aliphatic rings. The Morgan fingerprint density at radius 1 is 1.29 bits per heavy atom. The molecule has 1 aliphatic carbocycles. The Bertz CT molecular complexity index is 786. The molecule has 5 heteroatoms. The summed E-state index contributed by atoms with van der Waals surface area (Å²) in [6.07, 6.45) is 2.21. The van der Waals surface area contributed by atoms with Gasteiger partial charge in [0.25, 0.3) is 5.89 Å². The quantitative estimate of drug-likeness (QED) is 0.727. The molecule has 1 fully saturated rings. The molecule has 3 aromatic rings. The zero-order valence-electron chi connectivity index (χ0n) is 12.0. The van der Waals surface area contributed by atoms with Crippen molar-refractivity contribution < 1.29 is 13.7 Å². The van der Waals surface area contributed by atoms with Gasteiger partial charge in [-0.15, -0.1) is 0 Å². The Kier molecular flexibility index (Phi) is 2.82. The van der Waals surface area contributed by atoms with E-state index >= 15 is 0 Å². The van der Waals surface area contributed by atoms with Gasteiger partial charge in [-0.3, -0.25) is 0 Å². The monoisotopic (exact) mass is 284 g/mol. The van der Waals surface area contributed by atoms with Crippen molar-refractivity contribution in [3.8, 4) is 11.6 Å². The molecule has 1 atom stereocenters. The summed E-state index contributed by atoms with van der Waals surface area (Å²) < 4.78 is 16.6. The van der Waals surface area contributed by atoms with Crippen LogP contribution in [0.15, 0.2) is 33.2 Å². The van der Waals surface area contributed by atoms with Crippen molar-refractivity contribution in [1.82, 2.24) is 10.1 Å². The fourth-order valence-corrected chi connectivity index (χ4v) is 2.62. The lowest BCUT2D eigenvalue weighted by Gasteiger charge is -2.07. The second kappa shape index (κ2) is 4.70. The van der Waals surface area contributed by atoms with Crippen LogP contribution >= 0.6 is 0 Å². The van der Waals surface area contributed by atoms with Crippen molar-refractivity contribution >= 4 is 11.0 Å². The van der Waals surface area contributed by atoms with Gasteiger partial charge >= 0.3 is 0 Å². The predicted octanol–water partition coefficient (Wildman–Crippen LogP) is 3.89. The molecule has 108 valence electrons. The van der Waals surface area contributed by atoms with E-state index in [9.17, 15) is 0 Å². The molecule has 2 heterocycles. The van der Waals surface area contributed by atoms with Crippen molar-refractivity contribution in [3.63, 3.8) is 0 Å². The zero-order chi connectivity index (χ0) is 14.4. The smallest absolute Gasteiger partial charge is 0.256 e. The van der Waals surface area contributed by atoms with E-state index in [0.29, 0.717) is 23.4 Å². The van der Waals surface area contributed by atoms with Crippen LogP contribution in [-0.4, -0.2) is 17.3 Å². The summed E-state index contributed by atoms with van der Waals surface area (Å²) in [6.45, 7) is 2.05. The second-order valence-electron chi connectivity index (χ2n) is 5.60. The average Bonchev–Trinajstić information content (AvgIpc) is 3.03. The Hall–Kier alpha value is -2.14. The average molecular weight is 284 g/mol. The number of ether oxygens (including phenoxy) is 1. The van der Waals surface area contributed by atoms with Crippen LogP contribution in [0.2, 0.25) is 0 Å². The molecule has 0 aliphatic heterocycles. The summed E-state index contributed by atoms with van der Waals surface area (Å²) in [5.74, 6) is 2.13. The van der Waals surface area contributed by atoms with Crippen LogP contribution in [0.25, 0.3) is 22.6 Å². The van der Waals surface area contributed by atoms with Gasteiger partial charge in [-0.2, -0.15) is 4.98 Å². The molecule has 1 unspecified atom stereocenters. The molecule has 0 saturated heterocycles. The standard InChI is InChI=1S/C16H16N2O3/c1-9-3-6-12-11(7-9)8-13(20-12)15-17-16(21-18-15)14(19-2)10-4-5-10/h3,6-8,10,14H,4-5H2,1-2H3. The molecule has 0 bridgehead atoms. The number of methoxy groups -OCH3 is 1. The Morgan fingerprint density at radius 2 is 2.14 bits per heavy atom. The molecule has 0 amide bonds. The highest BCUT2D eigenvalue weighted by Crippen LogP contribution is 2.42. The van der Waals surface area contributed by atoms with Crippen molar-refractivity contribution in [1.29, 1.82) is 0 Å². The van der Waals surface area contributed by atoms with Crippen molar-refractivity contribution in [2.24, 2.45) is 5.92 Å². The lowest BCUT2D eigenvalue weighted by molar-refractivity contribution is 0.0561. The first-order valence-electron chi connectivity index (χ1n) is 7.11. The Morgan fingerprint density at radius 3 is 2.90 bits per heavy atom. The zero-order valence-corrected chi connectivity index (χ0v) is 12.0.